The van der Waals surface area contributed by atoms with Crippen LogP contribution in [0.15, 0.2) is 29.1 Å². The van der Waals surface area contributed by atoms with Crippen LogP contribution >= 0.6 is 0 Å². The number of amides is 1. The molecule has 1 aromatic heterocycles. The summed E-state index contributed by atoms with van der Waals surface area (Å²) in [6, 6.07) is 3.78. The largest absolute Gasteiger partial charge is 0.481 e. The minimum Gasteiger partial charge on any atom is -0.481 e. The molecule has 0 fully saturated rings. The highest BCUT2D eigenvalue weighted by Gasteiger charge is 2.30. The molecule has 2 rings (SSSR count). The van der Waals surface area contributed by atoms with Crippen molar-refractivity contribution >= 4 is 28.7 Å². The number of nitrogens with zero attached hydrogens (tertiary/aromatic N) is 3. The van der Waals surface area contributed by atoms with E-state index in [2.05, 4.69) is 15.6 Å². The highest BCUT2D eigenvalue weighted by Crippen LogP contribution is 2.17. The molecule has 1 heterocycles. The van der Waals surface area contributed by atoms with Crippen LogP contribution in [-0.2, 0) is 14.4 Å². The fourth-order valence-corrected chi connectivity index (χ4v) is 2.61. The van der Waals surface area contributed by atoms with Gasteiger partial charge in [-0.15, -0.1) is 5.10 Å². The molecule has 10 heteroatoms. The molecular formula is C17H20N4O6. The molecule has 1 amide bonds. The van der Waals surface area contributed by atoms with Crippen molar-refractivity contribution in [3.05, 3.63) is 34.6 Å². The lowest BCUT2D eigenvalue weighted by Crippen LogP contribution is -2.47. The summed E-state index contributed by atoms with van der Waals surface area (Å²) >= 11 is 0. The third-order valence-corrected chi connectivity index (χ3v) is 3.88. The lowest BCUT2D eigenvalue weighted by molar-refractivity contribution is -0.147. The van der Waals surface area contributed by atoms with Crippen LogP contribution < -0.4 is 10.9 Å². The summed E-state index contributed by atoms with van der Waals surface area (Å²) in [5.41, 5.74) is -0.164. The number of aliphatic carboxylic acids is 2. The number of rotatable bonds is 8. The van der Waals surface area contributed by atoms with Crippen molar-refractivity contribution in [3.63, 3.8) is 0 Å². The van der Waals surface area contributed by atoms with Gasteiger partial charge in [0.05, 0.1) is 11.8 Å². The normalized spacial score (nSPS) is 13.3. The van der Waals surface area contributed by atoms with Gasteiger partial charge in [-0.2, -0.15) is 4.68 Å². The Bertz CT molecular complexity index is 923. The maximum Gasteiger partial charge on any atom is 0.326 e. The predicted molar refractivity (Wildman–Crippen MR) is 94.1 cm³/mol. The lowest BCUT2D eigenvalue weighted by atomic mass is 10.0. The average Bonchev–Trinajstić information content (AvgIpc) is 2.59. The summed E-state index contributed by atoms with van der Waals surface area (Å²) in [5, 5.41) is 28.2. The van der Waals surface area contributed by atoms with Gasteiger partial charge in [0.15, 0.2) is 0 Å². The second-order valence-electron chi connectivity index (χ2n) is 6.50. The molecule has 1 aromatic carbocycles. The zero-order chi connectivity index (χ0) is 20.1. The lowest BCUT2D eigenvalue weighted by Gasteiger charge is -2.21. The summed E-state index contributed by atoms with van der Waals surface area (Å²) in [5.74, 6) is -3.68. The van der Waals surface area contributed by atoms with E-state index in [9.17, 15) is 19.2 Å². The first-order valence-electron chi connectivity index (χ1n) is 8.30. The molecule has 0 bridgehead atoms. The van der Waals surface area contributed by atoms with Gasteiger partial charge in [-0.05, 0) is 24.5 Å². The fourth-order valence-electron chi connectivity index (χ4n) is 2.61. The standard InChI is InChI=1S/C17H20N4O6/c1-9(2)7-13(15(24)18-12(17(26)27)8-14(22)23)21-16(25)10-5-3-4-6-11(10)19-20-21/h3-6,9,12-13H,7-8H2,1-2H3,(H,18,24)(H,22,23)(H,26,27). The number of hydrogen-bond acceptors (Lipinski definition) is 6. The van der Waals surface area contributed by atoms with Gasteiger partial charge in [0.2, 0.25) is 5.91 Å². The first kappa shape index (κ1) is 20.0. The second kappa shape index (κ2) is 8.39. The van der Waals surface area contributed by atoms with Crippen molar-refractivity contribution in [2.75, 3.05) is 0 Å². The summed E-state index contributed by atoms with van der Waals surface area (Å²) in [4.78, 5) is 47.4. The van der Waals surface area contributed by atoms with Crippen LogP contribution in [-0.4, -0.2) is 49.1 Å². The van der Waals surface area contributed by atoms with E-state index < -0.39 is 41.9 Å². The Labute approximate surface area is 153 Å². The van der Waals surface area contributed by atoms with Gasteiger partial charge < -0.3 is 15.5 Å². The quantitative estimate of drug-likeness (QED) is 0.599. The van der Waals surface area contributed by atoms with E-state index in [1.807, 2.05) is 13.8 Å². The Morgan fingerprint density at radius 1 is 1.19 bits per heavy atom. The van der Waals surface area contributed by atoms with Crippen LogP contribution in [0.3, 0.4) is 0 Å². The summed E-state index contributed by atoms with van der Waals surface area (Å²) < 4.78 is 0.914. The van der Waals surface area contributed by atoms with Gasteiger partial charge in [0, 0.05) is 0 Å². The third kappa shape index (κ3) is 4.87. The predicted octanol–water partition coefficient (Wildman–Crippen LogP) is 0.423. The topological polar surface area (TPSA) is 151 Å². The molecule has 144 valence electrons. The van der Waals surface area contributed by atoms with Gasteiger partial charge in [-0.1, -0.05) is 31.2 Å². The highest BCUT2D eigenvalue weighted by atomic mass is 16.4. The van der Waals surface area contributed by atoms with E-state index in [4.69, 9.17) is 10.2 Å². The molecule has 2 unspecified atom stereocenters. The van der Waals surface area contributed by atoms with E-state index in [0.29, 0.717) is 5.52 Å². The molecular weight excluding hydrogens is 356 g/mol. The Kier molecular flexibility index (Phi) is 6.22. The van der Waals surface area contributed by atoms with Crippen molar-refractivity contribution in [2.45, 2.75) is 38.8 Å². The maximum absolute atomic E-state index is 12.7. The van der Waals surface area contributed by atoms with E-state index in [1.165, 1.54) is 0 Å². The first-order valence-corrected chi connectivity index (χ1v) is 8.30. The van der Waals surface area contributed by atoms with Gasteiger partial charge in [0.1, 0.15) is 17.6 Å². The van der Waals surface area contributed by atoms with Gasteiger partial charge in [-0.3, -0.25) is 14.4 Å². The molecule has 0 radical (unpaired) electrons. The van der Waals surface area contributed by atoms with E-state index in [1.54, 1.807) is 24.3 Å². The van der Waals surface area contributed by atoms with Crippen molar-refractivity contribution in [1.29, 1.82) is 0 Å². The third-order valence-electron chi connectivity index (χ3n) is 3.88. The number of aromatic nitrogens is 3. The van der Waals surface area contributed by atoms with E-state index in [0.717, 1.165) is 4.68 Å². The Morgan fingerprint density at radius 3 is 2.44 bits per heavy atom. The molecule has 27 heavy (non-hydrogen) atoms. The number of fused-ring (bicyclic) bond motifs is 1. The van der Waals surface area contributed by atoms with Crippen LogP contribution in [0.4, 0.5) is 0 Å². The summed E-state index contributed by atoms with van der Waals surface area (Å²) in [6.45, 7) is 3.65. The zero-order valence-corrected chi connectivity index (χ0v) is 14.8. The Balaban J connectivity index is 2.41. The molecule has 0 spiro atoms. The highest BCUT2D eigenvalue weighted by molar-refractivity contribution is 5.88. The van der Waals surface area contributed by atoms with Gasteiger partial charge >= 0.3 is 11.9 Å². The molecule has 10 nitrogen and oxygen atoms in total. The molecule has 0 aliphatic heterocycles. The number of benzene rings is 1. The average molecular weight is 376 g/mol. The number of carboxylic acids is 2. The number of nitrogens with one attached hydrogen (secondary N) is 1. The fraction of sp³-hybridized carbons (Fsp3) is 0.412. The van der Waals surface area contributed by atoms with Crippen molar-refractivity contribution in [3.8, 4) is 0 Å². The minimum absolute atomic E-state index is 0.0244. The SMILES string of the molecule is CC(C)CC(C(=O)NC(CC(=O)O)C(=O)O)n1nnc2ccccc2c1=O. The monoisotopic (exact) mass is 376 g/mol. The molecule has 0 aliphatic rings. The molecule has 0 saturated heterocycles. The van der Waals surface area contributed by atoms with Crippen LogP contribution in [0.5, 0.6) is 0 Å². The van der Waals surface area contributed by atoms with Gasteiger partial charge in [-0.25, -0.2) is 4.79 Å². The number of carbonyl (C=O) groups excluding carboxylic acids is 1. The van der Waals surface area contributed by atoms with Crippen LogP contribution in [0.1, 0.15) is 32.7 Å². The zero-order valence-electron chi connectivity index (χ0n) is 14.8. The van der Waals surface area contributed by atoms with E-state index >= 15 is 0 Å². The molecule has 0 saturated carbocycles. The van der Waals surface area contributed by atoms with Crippen molar-refractivity contribution < 1.29 is 24.6 Å². The first-order chi connectivity index (χ1) is 12.7. The van der Waals surface area contributed by atoms with Gasteiger partial charge in [0.25, 0.3) is 5.56 Å². The van der Waals surface area contributed by atoms with Crippen LogP contribution in [0.25, 0.3) is 10.9 Å². The second-order valence-corrected chi connectivity index (χ2v) is 6.50. The molecule has 0 aliphatic carbocycles. The van der Waals surface area contributed by atoms with Crippen LogP contribution in [0.2, 0.25) is 0 Å². The molecule has 2 atom stereocenters. The minimum atomic E-state index is -1.62. The number of carbonyl (C=O) groups is 3. The smallest absolute Gasteiger partial charge is 0.326 e. The van der Waals surface area contributed by atoms with E-state index in [-0.39, 0.29) is 17.7 Å². The Morgan fingerprint density at radius 2 is 1.85 bits per heavy atom. The maximum atomic E-state index is 12.7. The number of hydrogen-bond donors (Lipinski definition) is 3. The summed E-state index contributed by atoms with van der Waals surface area (Å²) in [6.07, 6.45) is -0.591. The Hall–Kier alpha value is -3.30. The van der Waals surface area contributed by atoms with Crippen LogP contribution in [0, 0.1) is 5.92 Å². The van der Waals surface area contributed by atoms with Crippen molar-refractivity contribution in [1.82, 2.24) is 20.3 Å². The van der Waals surface area contributed by atoms with Crippen molar-refractivity contribution in [2.24, 2.45) is 5.92 Å². The molecule has 3 N–H and O–H groups in total. The number of carboxylic acid groups (broad SMARTS) is 2. The summed E-state index contributed by atoms with van der Waals surface area (Å²) in [7, 11) is 0. The molecule has 2 aromatic rings.